The SMILES string of the molecule is CCC(NCCc1nc(C)cs1)c1ccc(O)cc1. The number of aromatic hydroxyl groups is 1. The third-order valence-electron chi connectivity index (χ3n) is 3.10. The molecular weight excluding hydrogens is 256 g/mol. The number of thiazole rings is 1. The lowest BCUT2D eigenvalue weighted by Gasteiger charge is -2.17. The average molecular weight is 276 g/mol. The summed E-state index contributed by atoms with van der Waals surface area (Å²) in [6.07, 6.45) is 1.99. The van der Waals surface area contributed by atoms with Crippen molar-refractivity contribution in [1.82, 2.24) is 10.3 Å². The van der Waals surface area contributed by atoms with Gasteiger partial charge in [-0.05, 0) is 31.0 Å². The van der Waals surface area contributed by atoms with E-state index in [0.29, 0.717) is 11.8 Å². The van der Waals surface area contributed by atoms with E-state index in [9.17, 15) is 5.11 Å². The molecule has 2 aromatic rings. The monoisotopic (exact) mass is 276 g/mol. The molecule has 19 heavy (non-hydrogen) atoms. The number of hydrogen-bond donors (Lipinski definition) is 2. The molecule has 0 aliphatic carbocycles. The normalized spacial score (nSPS) is 12.5. The van der Waals surface area contributed by atoms with Crippen LogP contribution in [0.2, 0.25) is 0 Å². The summed E-state index contributed by atoms with van der Waals surface area (Å²) in [5.41, 5.74) is 2.32. The summed E-state index contributed by atoms with van der Waals surface area (Å²) in [6.45, 7) is 5.11. The lowest BCUT2D eigenvalue weighted by Crippen LogP contribution is -2.23. The van der Waals surface area contributed by atoms with Gasteiger partial charge in [-0.25, -0.2) is 4.98 Å². The first-order valence-electron chi connectivity index (χ1n) is 6.62. The zero-order valence-electron chi connectivity index (χ0n) is 11.4. The number of hydrogen-bond acceptors (Lipinski definition) is 4. The third-order valence-corrected chi connectivity index (χ3v) is 4.13. The largest absolute Gasteiger partial charge is 0.508 e. The van der Waals surface area contributed by atoms with Crippen LogP contribution in [-0.4, -0.2) is 16.6 Å². The van der Waals surface area contributed by atoms with Crippen LogP contribution in [0.1, 0.15) is 35.7 Å². The average Bonchev–Trinajstić information content (AvgIpc) is 2.82. The Morgan fingerprint density at radius 1 is 1.32 bits per heavy atom. The Balaban J connectivity index is 1.87. The highest BCUT2D eigenvalue weighted by Crippen LogP contribution is 2.19. The van der Waals surface area contributed by atoms with Gasteiger partial charge in [0.2, 0.25) is 0 Å². The number of benzene rings is 1. The number of phenolic OH excluding ortho intramolecular Hbond substituents is 1. The summed E-state index contributed by atoms with van der Waals surface area (Å²) in [5.74, 6) is 0.317. The summed E-state index contributed by atoms with van der Waals surface area (Å²) in [5, 5.41) is 16.1. The maximum atomic E-state index is 9.31. The molecular formula is C15H20N2OS. The van der Waals surface area contributed by atoms with Crippen molar-refractivity contribution in [2.24, 2.45) is 0 Å². The fourth-order valence-electron chi connectivity index (χ4n) is 2.08. The van der Waals surface area contributed by atoms with Gasteiger partial charge in [0.25, 0.3) is 0 Å². The van der Waals surface area contributed by atoms with Gasteiger partial charge >= 0.3 is 0 Å². The van der Waals surface area contributed by atoms with E-state index in [-0.39, 0.29) is 0 Å². The van der Waals surface area contributed by atoms with Crippen molar-refractivity contribution in [2.75, 3.05) is 6.54 Å². The van der Waals surface area contributed by atoms with Crippen LogP contribution in [0, 0.1) is 6.92 Å². The summed E-state index contributed by atoms with van der Waals surface area (Å²) >= 11 is 1.72. The number of nitrogens with zero attached hydrogens (tertiary/aromatic N) is 1. The molecule has 0 saturated carbocycles. The van der Waals surface area contributed by atoms with Crippen LogP contribution in [0.3, 0.4) is 0 Å². The van der Waals surface area contributed by atoms with Gasteiger partial charge in [-0.3, -0.25) is 0 Å². The molecule has 2 rings (SSSR count). The number of aromatic nitrogens is 1. The smallest absolute Gasteiger partial charge is 0.115 e. The molecule has 0 aliphatic rings. The minimum atomic E-state index is 0.317. The molecule has 0 saturated heterocycles. The van der Waals surface area contributed by atoms with Gasteiger partial charge < -0.3 is 10.4 Å². The molecule has 1 aromatic carbocycles. The summed E-state index contributed by atoms with van der Waals surface area (Å²) < 4.78 is 0. The van der Waals surface area contributed by atoms with E-state index in [1.165, 1.54) is 10.6 Å². The zero-order valence-corrected chi connectivity index (χ0v) is 12.2. The highest BCUT2D eigenvalue weighted by Gasteiger charge is 2.08. The van der Waals surface area contributed by atoms with Crippen molar-refractivity contribution in [2.45, 2.75) is 32.7 Å². The maximum absolute atomic E-state index is 9.31. The number of rotatable bonds is 6. The highest BCUT2D eigenvalue weighted by atomic mass is 32.1. The van der Waals surface area contributed by atoms with E-state index >= 15 is 0 Å². The van der Waals surface area contributed by atoms with E-state index < -0.39 is 0 Å². The van der Waals surface area contributed by atoms with E-state index in [1.54, 1.807) is 23.5 Å². The first kappa shape index (κ1) is 14.0. The van der Waals surface area contributed by atoms with Crippen LogP contribution >= 0.6 is 11.3 Å². The van der Waals surface area contributed by atoms with Gasteiger partial charge in [-0.1, -0.05) is 19.1 Å². The zero-order chi connectivity index (χ0) is 13.7. The van der Waals surface area contributed by atoms with Crippen LogP contribution in [0.15, 0.2) is 29.6 Å². The lowest BCUT2D eigenvalue weighted by atomic mass is 10.0. The Bertz CT molecular complexity index is 507. The van der Waals surface area contributed by atoms with Gasteiger partial charge in [0, 0.05) is 30.1 Å². The molecule has 0 radical (unpaired) electrons. The van der Waals surface area contributed by atoms with Gasteiger partial charge in [0.15, 0.2) is 0 Å². The summed E-state index contributed by atoms with van der Waals surface area (Å²) in [6, 6.07) is 7.77. The van der Waals surface area contributed by atoms with Crippen LogP contribution in [0.5, 0.6) is 5.75 Å². The van der Waals surface area contributed by atoms with Crippen LogP contribution in [0.25, 0.3) is 0 Å². The van der Waals surface area contributed by atoms with Gasteiger partial charge in [-0.15, -0.1) is 11.3 Å². The maximum Gasteiger partial charge on any atom is 0.115 e. The van der Waals surface area contributed by atoms with Crippen LogP contribution < -0.4 is 5.32 Å². The van der Waals surface area contributed by atoms with Crippen LogP contribution in [-0.2, 0) is 6.42 Å². The third kappa shape index (κ3) is 4.04. The highest BCUT2D eigenvalue weighted by molar-refractivity contribution is 7.09. The van der Waals surface area contributed by atoms with Crippen molar-refractivity contribution in [1.29, 1.82) is 0 Å². The van der Waals surface area contributed by atoms with Crippen molar-refractivity contribution in [3.63, 3.8) is 0 Å². The van der Waals surface area contributed by atoms with E-state index in [0.717, 1.165) is 25.1 Å². The standard InChI is InChI=1S/C15H20N2OS/c1-3-14(12-4-6-13(18)7-5-12)16-9-8-15-17-11(2)10-19-15/h4-7,10,14,16,18H,3,8-9H2,1-2H3. The van der Waals surface area contributed by atoms with E-state index in [4.69, 9.17) is 0 Å². The minimum Gasteiger partial charge on any atom is -0.508 e. The molecule has 1 aromatic heterocycles. The van der Waals surface area contributed by atoms with Gasteiger partial charge in [0.1, 0.15) is 5.75 Å². The fraction of sp³-hybridized carbons (Fsp3) is 0.400. The Labute approximate surface area is 118 Å². The number of aryl methyl sites for hydroxylation is 1. The molecule has 0 aliphatic heterocycles. The summed E-state index contributed by atoms with van der Waals surface area (Å²) in [7, 11) is 0. The molecule has 2 N–H and O–H groups in total. The predicted octanol–water partition coefficient (Wildman–Crippen LogP) is 3.44. The predicted molar refractivity (Wildman–Crippen MR) is 79.7 cm³/mol. The number of phenols is 1. The van der Waals surface area contributed by atoms with Crippen molar-refractivity contribution in [3.05, 3.63) is 45.9 Å². The van der Waals surface area contributed by atoms with E-state index in [1.807, 2.05) is 19.1 Å². The Morgan fingerprint density at radius 3 is 2.63 bits per heavy atom. The fourth-order valence-corrected chi connectivity index (χ4v) is 2.85. The Kier molecular flexibility index (Phi) is 4.93. The first-order valence-corrected chi connectivity index (χ1v) is 7.50. The lowest BCUT2D eigenvalue weighted by molar-refractivity contribution is 0.473. The second kappa shape index (κ2) is 6.68. The summed E-state index contributed by atoms with van der Waals surface area (Å²) in [4.78, 5) is 4.46. The van der Waals surface area contributed by atoms with Gasteiger partial charge in [-0.2, -0.15) is 0 Å². The second-order valence-electron chi connectivity index (χ2n) is 4.64. The van der Waals surface area contributed by atoms with Gasteiger partial charge in [0.05, 0.1) is 5.01 Å². The number of nitrogens with one attached hydrogen (secondary N) is 1. The molecule has 4 heteroatoms. The molecule has 1 heterocycles. The minimum absolute atomic E-state index is 0.317. The molecule has 1 atom stereocenters. The second-order valence-corrected chi connectivity index (χ2v) is 5.58. The van der Waals surface area contributed by atoms with Crippen molar-refractivity contribution in [3.8, 4) is 5.75 Å². The quantitative estimate of drug-likeness (QED) is 0.849. The molecule has 102 valence electrons. The van der Waals surface area contributed by atoms with Crippen LogP contribution in [0.4, 0.5) is 0 Å². The molecule has 1 unspecified atom stereocenters. The Hall–Kier alpha value is -1.39. The first-order chi connectivity index (χ1) is 9.19. The molecule has 0 bridgehead atoms. The molecule has 0 fully saturated rings. The van der Waals surface area contributed by atoms with Crippen molar-refractivity contribution >= 4 is 11.3 Å². The molecule has 0 amide bonds. The topological polar surface area (TPSA) is 45.2 Å². The Morgan fingerprint density at radius 2 is 2.05 bits per heavy atom. The van der Waals surface area contributed by atoms with E-state index in [2.05, 4.69) is 22.6 Å². The van der Waals surface area contributed by atoms with Crippen molar-refractivity contribution < 1.29 is 5.11 Å². The molecule has 0 spiro atoms. The molecule has 3 nitrogen and oxygen atoms in total.